The fraction of sp³-hybridized carbons (Fsp3) is 0.667. The molecule has 0 aliphatic carbocycles. The van der Waals surface area contributed by atoms with E-state index in [4.69, 9.17) is 9.47 Å². The summed E-state index contributed by atoms with van der Waals surface area (Å²) in [7, 11) is 0. The van der Waals surface area contributed by atoms with E-state index >= 15 is 0 Å². The standard InChI is InChI=1S/C9H14O6/c1-6(10)13-5-9(4,14-7(2)11)15-8(3)12/h5H2,1-4H3. The fourth-order valence-corrected chi connectivity index (χ4v) is 0.921. The zero-order valence-electron chi connectivity index (χ0n) is 9.16. The Balaban J connectivity index is 4.46. The van der Waals surface area contributed by atoms with Gasteiger partial charge >= 0.3 is 17.9 Å². The van der Waals surface area contributed by atoms with Gasteiger partial charge in [0, 0.05) is 27.7 Å². The van der Waals surface area contributed by atoms with Crippen LogP contribution in [-0.2, 0) is 28.6 Å². The molecule has 0 saturated carbocycles. The van der Waals surface area contributed by atoms with Crippen molar-refractivity contribution in [2.45, 2.75) is 33.5 Å². The maximum Gasteiger partial charge on any atom is 0.306 e. The fourth-order valence-electron chi connectivity index (χ4n) is 0.921. The second-order valence-corrected chi connectivity index (χ2v) is 3.10. The molecule has 0 spiro atoms. The van der Waals surface area contributed by atoms with Gasteiger partial charge in [0.2, 0.25) is 0 Å². The highest BCUT2D eigenvalue weighted by Crippen LogP contribution is 2.14. The first kappa shape index (κ1) is 13.4. The Morgan fingerprint density at radius 1 is 0.933 bits per heavy atom. The summed E-state index contributed by atoms with van der Waals surface area (Å²) in [5, 5.41) is 0. The third kappa shape index (κ3) is 6.48. The van der Waals surface area contributed by atoms with Crippen LogP contribution < -0.4 is 0 Å². The lowest BCUT2D eigenvalue weighted by Gasteiger charge is -2.27. The average molecular weight is 218 g/mol. The van der Waals surface area contributed by atoms with Gasteiger partial charge in [-0.25, -0.2) is 0 Å². The molecule has 0 fully saturated rings. The summed E-state index contributed by atoms with van der Waals surface area (Å²) in [5.74, 6) is -3.39. The molecule has 6 heteroatoms. The van der Waals surface area contributed by atoms with Gasteiger partial charge in [-0.3, -0.25) is 14.4 Å². The van der Waals surface area contributed by atoms with Gasteiger partial charge < -0.3 is 14.2 Å². The Hall–Kier alpha value is -1.59. The maximum absolute atomic E-state index is 10.7. The highest BCUT2D eigenvalue weighted by Gasteiger charge is 2.32. The van der Waals surface area contributed by atoms with E-state index in [1.165, 1.54) is 13.8 Å². The first-order valence-corrected chi connectivity index (χ1v) is 4.28. The first-order chi connectivity index (χ1) is 6.75. The van der Waals surface area contributed by atoms with Crippen molar-refractivity contribution in [2.24, 2.45) is 0 Å². The second-order valence-electron chi connectivity index (χ2n) is 3.10. The van der Waals surface area contributed by atoms with Gasteiger partial charge in [-0.1, -0.05) is 0 Å². The van der Waals surface area contributed by atoms with Gasteiger partial charge in [-0.2, -0.15) is 0 Å². The minimum atomic E-state index is -1.57. The maximum atomic E-state index is 10.7. The lowest BCUT2D eigenvalue weighted by molar-refractivity contribution is -0.234. The van der Waals surface area contributed by atoms with E-state index in [1.807, 2.05) is 0 Å². The van der Waals surface area contributed by atoms with E-state index in [1.54, 1.807) is 0 Å². The van der Waals surface area contributed by atoms with Gasteiger partial charge in [-0.15, -0.1) is 0 Å². The van der Waals surface area contributed by atoms with Crippen molar-refractivity contribution < 1.29 is 28.6 Å². The molecule has 0 aliphatic rings. The Kier molecular flexibility index (Phi) is 4.77. The van der Waals surface area contributed by atoms with Crippen molar-refractivity contribution in [1.82, 2.24) is 0 Å². The molecule has 15 heavy (non-hydrogen) atoms. The van der Waals surface area contributed by atoms with Crippen LogP contribution in [0.1, 0.15) is 27.7 Å². The Morgan fingerprint density at radius 2 is 1.33 bits per heavy atom. The van der Waals surface area contributed by atoms with E-state index in [2.05, 4.69) is 4.74 Å². The van der Waals surface area contributed by atoms with E-state index in [0.717, 1.165) is 13.8 Å². The van der Waals surface area contributed by atoms with Gasteiger partial charge in [0.15, 0.2) is 6.61 Å². The molecule has 0 bridgehead atoms. The Bertz CT molecular complexity index is 254. The summed E-state index contributed by atoms with van der Waals surface area (Å²) in [4.78, 5) is 32.0. The molecule has 0 aliphatic heterocycles. The zero-order chi connectivity index (χ0) is 12.1. The molecule has 0 aromatic rings. The van der Waals surface area contributed by atoms with Crippen molar-refractivity contribution in [2.75, 3.05) is 6.61 Å². The van der Waals surface area contributed by atoms with Crippen LogP contribution in [0.2, 0.25) is 0 Å². The van der Waals surface area contributed by atoms with E-state index in [-0.39, 0.29) is 6.61 Å². The molecule has 0 aromatic carbocycles. The normalized spacial score (nSPS) is 10.4. The molecular formula is C9H14O6. The van der Waals surface area contributed by atoms with Crippen LogP contribution in [0.15, 0.2) is 0 Å². The molecule has 0 rings (SSSR count). The predicted molar refractivity (Wildman–Crippen MR) is 48.6 cm³/mol. The number of hydrogen-bond acceptors (Lipinski definition) is 6. The molecule has 86 valence electrons. The third-order valence-electron chi connectivity index (χ3n) is 1.26. The van der Waals surface area contributed by atoms with E-state index in [0.29, 0.717) is 0 Å². The van der Waals surface area contributed by atoms with Crippen LogP contribution in [0.25, 0.3) is 0 Å². The SMILES string of the molecule is CC(=O)OCC(C)(OC(C)=O)OC(C)=O. The molecule has 0 atom stereocenters. The number of carbonyl (C=O) groups excluding carboxylic acids is 3. The van der Waals surface area contributed by atoms with E-state index in [9.17, 15) is 14.4 Å². The third-order valence-corrected chi connectivity index (χ3v) is 1.26. The van der Waals surface area contributed by atoms with Crippen LogP contribution in [-0.4, -0.2) is 30.3 Å². The Labute approximate surface area is 87.5 Å². The molecule has 0 N–H and O–H groups in total. The second kappa shape index (κ2) is 5.33. The molecule has 0 saturated heterocycles. The number of esters is 3. The number of rotatable bonds is 4. The highest BCUT2D eigenvalue weighted by molar-refractivity contribution is 5.69. The number of ether oxygens (including phenoxy) is 3. The van der Waals surface area contributed by atoms with Crippen molar-refractivity contribution in [1.29, 1.82) is 0 Å². The minimum absolute atomic E-state index is 0.332. The summed E-state index contributed by atoms with van der Waals surface area (Å²) in [6, 6.07) is 0. The molecule has 0 radical (unpaired) electrons. The summed E-state index contributed by atoms with van der Waals surface area (Å²) in [5.41, 5.74) is 0. The molecule has 0 heterocycles. The van der Waals surface area contributed by atoms with Crippen LogP contribution in [0, 0.1) is 0 Å². The van der Waals surface area contributed by atoms with Crippen LogP contribution in [0.3, 0.4) is 0 Å². The average Bonchev–Trinajstić information content (AvgIpc) is 1.97. The molecule has 0 amide bonds. The van der Waals surface area contributed by atoms with Gasteiger partial charge in [-0.05, 0) is 0 Å². The van der Waals surface area contributed by atoms with Gasteiger partial charge in [0.05, 0.1) is 0 Å². The lowest BCUT2D eigenvalue weighted by atomic mass is 10.3. The molecular weight excluding hydrogens is 204 g/mol. The van der Waals surface area contributed by atoms with Crippen LogP contribution in [0.5, 0.6) is 0 Å². The quantitative estimate of drug-likeness (QED) is 0.501. The van der Waals surface area contributed by atoms with Crippen LogP contribution >= 0.6 is 0 Å². The van der Waals surface area contributed by atoms with Crippen molar-refractivity contribution >= 4 is 17.9 Å². The summed E-state index contributed by atoms with van der Waals surface area (Å²) >= 11 is 0. The van der Waals surface area contributed by atoms with Crippen molar-refractivity contribution in [3.63, 3.8) is 0 Å². The van der Waals surface area contributed by atoms with Crippen molar-refractivity contribution in [3.8, 4) is 0 Å². The number of hydrogen-bond donors (Lipinski definition) is 0. The molecule has 0 aromatic heterocycles. The lowest BCUT2D eigenvalue weighted by Crippen LogP contribution is -2.41. The smallest absolute Gasteiger partial charge is 0.306 e. The predicted octanol–water partition coefficient (Wildman–Crippen LogP) is 0.392. The largest absolute Gasteiger partial charge is 0.458 e. The minimum Gasteiger partial charge on any atom is -0.458 e. The Morgan fingerprint density at radius 3 is 1.60 bits per heavy atom. The number of carbonyl (C=O) groups is 3. The van der Waals surface area contributed by atoms with Gasteiger partial charge in [0.25, 0.3) is 5.79 Å². The molecule has 6 nitrogen and oxygen atoms in total. The summed E-state index contributed by atoms with van der Waals surface area (Å²) in [6.07, 6.45) is 0. The topological polar surface area (TPSA) is 78.9 Å². The van der Waals surface area contributed by atoms with Crippen molar-refractivity contribution in [3.05, 3.63) is 0 Å². The van der Waals surface area contributed by atoms with E-state index < -0.39 is 23.7 Å². The van der Waals surface area contributed by atoms with Crippen LogP contribution in [0.4, 0.5) is 0 Å². The monoisotopic (exact) mass is 218 g/mol. The zero-order valence-corrected chi connectivity index (χ0v) is 9.16. The molecule has 0 unspecified atom stereocenters. The first-order valence-electron chi connectivity index (χ1n) is 4.28. The summed E-state index contributed by atoms with van der Waals surface area (Å²) in [6.45, 7) is 4.52. The highest BCUT2D eigenvalue weighted by atomic mass is 16.7. The van der Waals surface area contributed by atoms with Gasteiger partial charge in [0.1, 0.15) is 0 Å². The summed E-state index contributed by atoms with van der Waals surface area (Å²) < 4.78 is 14.1.